The molecular weight excluding hydrogens is 382 g/mol. The van der Waals surface area contributed by atoms with Gasteiger partial charge in [-0.1, -0.05) is 30.3 Å². The number of amides is 1. The van der Waals surface area contributed by atoms with Gasteiger partial charge in [0.25, 0.3) is 5.91 Å². The molecule has 0 spiro atoms. The highest BCUT2D eigenvalue weighted by molar-refractivity contribution is 6.11. The second kappa shape index (κ2) is 8.24. The molecule has 152 valence electrons. The molecule has 0 bridgehead atoms. The van der Waals surface area contributed by atoms with Gasteiger partial charge in [0.1, 0.15) is 11.3 Å². The maximum absolute atomic E-state index is 12.8. The Bertz CT molecular complexity index is 1240. The van der Waals surface area contributed by atoms with Crippen LogP contribution in [0.25, 0.3) is 11.0 Å². The lowest BCUT2D eigenvalue weighted by atomic mass is 10.1. The molecule has 0 radical (unpaired) electrons. The number of nitrogens with one attached hydrogen (secondary N) is 1. The van der Waals surface area contributed by atoms with Crippen LogP contribution in [0.2, 0.25) is 0 Å². The fourth-order valence-electron chi connectivity index (χ4n) is 3.15. The molecule has 0 unspecified atom stereocenters. The molecule has 1 N–H and O–H groups in total. The number of carbonyl (C=O) groups excluding carboxylic acids is 1. The number of hydrogen-bond donors (Lipinski definition) is 1. The van der Waals surface area contributed by atoms with Crippen molar-refractivity contribution >= 4 is 22.7 Å². The lowest BCUT2D eigenvalue weighted by Gasteiger charge is -2.11. The van der Waals surface area contributed by atoms with Crippen molar-refractivity contribution in [1.82, 2.24) is 9.78 Å². The molecule has 0 aliphatic carbocycles. The molecule has 0 fully saturated rings. The number of hydrogen-bond acceptors (Lipinski definition) is 5. The summed E-state index contributed by atoms with van der Waals surface area (Å²) in [5.74, 6) is 0.533. The van der Waals surface area contributed by atoms with Gasteiger partial charge in [-0.25, -0.2) is 4.79 Å². The van der Waals surface area contributed by atoms with Gasteiger partial charge in [-0.3, -0.25) is 9.48 Å². The van der Waals surface area contributed by atoms with Gasteiger partial charge in [-0.15, -0.1) is 0 Å². The molecule has 4 aromatic rings. The summed E-state index contributed by atoms with van der Waals surface area (Å²) in [5, 5.41) is 7.65. The molecule has 2 aromatic heterocycles. The maximum Gasteiger partial charge on any atom is 0.337 e. The lowest BCUT2D eigenvalue weighted by molar-refractivity contribution is 0.102. The minimum Gasteiger partial charge on any atom is -0.491 e. The highest BCUT2D eigenvalue weighted by atomic mass is 16.5. The lowest BCUT2D eigenvalue weighted by Crippen LogP contribution is -2.16. The van der Waals surface area contributed by atoms with Crippen LogP contribution >= 0.6 is 0 Å². The topological polar surface area (TPSA) is 86.4 Å². The molecule has 0 atom stereocenters. The first-order valence-corrected chi connectivity index (χ1v) is 9.61. The van der Waals surface area contributed by atoms with E-state index < -0.39 is 11.5 Å². The summed E-state index contributed by atoms with van der Waals surface area (Å²) in [5.41, 5.74) is 1.00. The van der Waals surface area contributed by atoms with Gasteiger partial charge >= 0.3 is 5.63 Å². The number of aromatic nitrogens is 2. The largest absolute Gasteiger partial charge is 0.491 e. The zero-order valence-corrected chi connectivity index (χ0v) is 16.7. The summed E-state index contributed by atoms with van der Waals surface area (Å²) in [6.45, 7) is 4.40. The fraction of sp³-hybridized carbons (Fsp3) is 0.174. The number of fused-ring (bicyclic) bond motifs is 1. The Morgan fingerprint density at radius 2 is 1.93 bits per heavy atom. The summed E-state index contributed by atoms with van der Waals surface area (Å²) in [7, 11) is 0. The van der Waals surface area contributed by atoms with Crippen molar-refractivity contribution in [2.45, 2.75) is 26.5 Å². The second-order valence-corrected chi connectivity index (χ2v) is 7.14. The Kier molecular flexibility index (Phi) is 5.34. The van der Waals surface area contributed by atoms with Gasteiger partial charge in [-0.05, 0) is 31.5 Å². The molecule has 30 heavy (non-hydrogen) atoms. The minimum absolute atomic E-state index is 0.0216. The normalized spacial score (nSPS) is 11.0. The van der Waals surface area contributed by atoms with Crippen molar-refractivity contribution in [2.24, 2.45) is 0 Å². The van der Waals surface area contributed by atoms with Crippen molar-refractivity contribution in [3.05, 3.63) is 88.4 Å². The quantitative estimate of drug-likeness (QED) is 0.490. The third kappa shape index (κ3) is 4.41. The number of ether oxygens (including phenoxy) is 1. The number of anilines is 1. The fourth-order valence-corrected chi connectivity index (χ4v) is 3.15. The van der Waals surface area contributed by atoms with Crippen molar-refractivity contribution < 1.29 is 13.9 Å². The number of rotatable bonds is 6. The van der Waals surface area contributed by atoms with E-state index in [4.69, 9.17) is 9.15 Å². The Hall–Kier alpha value is -3.87. The van der Waals surface area contributed by atoms with Gasteiger partial charge in [0.2, 0.25) is 0 Å². The standard InChI is InChI=1S/C23H21N3O4/c1-15(2)29-17-8-9-18-19(13-22(27)30-20(18)12-17)23(28)24-21-10-11-26(25-21)14-16-6-4-3-5-7-16/h3-13,15H,14H2,1-2H3,(H,24,25,28). The molecular formula is C23H21N3O4. The van der Waals surface area contributed by atoms with Crippen LogP contribution < -0.4 is 15.7 Å². The first kappa shape index (κ1) is 19.4. The van der Waals surface area contributed by atoms with Crippen molar-refractivity contribution in [3.8, 4) is 5.75 Å². The van der Waals surface area contributed by atoms with E-state index in [1.54, 1.807) is 35.1 Å². The Balaban J connectivity index is 1.57. The van der Waals surface area contributed by atoms with E-state index in [1.165, 1.54) is 6.07 Å². The monoisotopic (exact) mass is 403 g/mol. The van der Waals surface area contributed by atoms with Crippen LogP contribution in [0.5, 0.6) is 5.75 Å². The average molecular weight is 403 g/mol. The summed E-state index contributed by atoms with van der Waals surface area (Å²) < 4.78 is 12.6. The van der Waals surface area contributed by atoms with Crippen LogP contribution in [0.1, 0.15) is 29.8 Å². The smallest absolute Gasteiger partial charge is 0.337 e. The molecule has 2 heterocycles. The third-order valence-corrected chi connectivity index (χ3v) is 4.40. The third-order valence-electron chi connectivity index (χ3n) is 4.40. The predicted molar refractivity (Wildman–Crippen MR) is 114 cm³/mol. The zero-order valence-electron chi connectivity index (χ0n) is 16.7. The maximum atomic E-state index is 12.8. The Morgan fingerprint density at radius 1 is 1.13 bits per heavy atom. The van der Waals surface area contributed by atoms with Crippen LogP contribution in [0, 0.1) is 0 Å². The van der Waals surface area contributed by atoms with Gasteiger partial charge in [0.15, 0.2) is 5.82 Å². The average Bonchev–Trinajstić information content (AvgIpc) is 3.14. The van der Waals surface area contributed by atoms with Crippen LogP contribution in [-0.2, 0) is 6.54 Å². The SMILES string of the molecule is CC(C)Oc1ccc2c(C(=O)Nc3ccn(Cc4ccccc4)n3)cc(=O)oc2c1. The molecule has 7 heteroatoms. The Labute approximate surface area is 172 Å². The van der Waals surface area contributed by atoms with Crippen LogP contribution in [-0.4, -0.2) is 21.8 Å². The highest BCUT2D eigenvalue weighted by Gasteiger charge is 2.15. The van der Waals surface area contributed by atoms with Gasteiger partial charge < -0.3 is 14.5 Å². The van der Waals surface area contributed by atoms with E-state index in [9.17, 15) is 9.59 Å². The Morgan fingerprint density at radius 3 is 2.70 bits per heavy atom. The van der Waals surface area contributed by atoms with E-state index >= 15 is 0 Å². The van der Waals surface area contributed by atoms with E-state index in [0.29, 0.717) is 29.1 Å². The van der Waals surface area contributed by atoms with Crippen LogP contribution in [0.4, 0.5) is 5.82 Å². The van der Waals surface area contributed by atoms with Crippen LogP contribution in [0.3, 0.4) is 0 Å². The number of nitrogens with zero attached hydrogens (tertiary/aromatic N) is 2. The van der Waals surface area contributed by atoms with Crippen molar-refractivity contribution in [3.63, 3.8) is 0 Å². The van der Waals surface area contributed by atoms with Crippen molar-refractivity contribution in [1.29, 1.82) is 0 Å². The van der Waals surface area contributed by atoms with E-state index in [1.807, 2.05) is 44.2 Å². The number of benzene rings is 2. The molecule has 4 rings (SSSR count). The molecule has 0 aliphatic rings. The summed E-state index contributed by atoms with van der Waals surface area (Å²) >= 11 is 0. The predicted octanol–water partition coefficient (Wildman–Crippen LogP) is 4.08. The van der Waals surface area contributed by atoms with Crippen molar-refractivity contribution in [2.75, 3.05) is 5.32 Å². The molecule has 0 saturated carbocycles. The highest BCUT2D eigenvalue weighted by Crippen LogP contribution is 2.24. The summed E-state index contributed by atoms with van der Waals surface area (Å²) in [6.07, 6.45) is 1.77. The first-order valence-electron chi connectivity index (χ1n) is 9.61. The zero-order chi connectivity index (χ0) is 21.1. The van der Waals surface area contributed by atoms with Crippen LogP contribution in [0.15, 0.2) is 76.1 Å². The molecule has 1 amide bonds. The minimum atomic E-state index is -0.607. The molecule has 7 nitrogen and oxygen atoms in total. The summed E-state index contributed by atoms with van der Waals surface area (Å²) in [6, 6.07) is 17.9. The molecule has 2 aromatic carbocycles. The van der Waals surface area contributed by atoms with Gasteiger partial charge in [-0.2, -0.15) is 5.10 Å². The second-order valence-electron chi connectivity index (χ2n) is 7.14. The van der Waals surface area contributed by atoms with E-state index in [2.05, 4.69) is 10.4 Å². The molecule has 0 aliphatic heterocycles. The molecule has 0 saturated heterocycles. The van der Waals surface area contributed by atoms with Gasteiger partial charge in [0, 0.05) is 29.8 Å². The number of carbonyl (C=O) groups is 1. The van der Waals surface area contributed by atoms with E-state index in [0.717, 1.165) is 5.56 Å². The summed E-state index contributed by atoms with van der Waals surface area (Å²) in [4.78, 5) is 24.8. The first-order chi connectivity index (χ1) is 14.5. The van der Waals surface area contributed by atoms with Gasteiger partial charge in [0.05, 0.1) is 18.2 Å². The van der Waals surface area contributed by atoms with E-state index in [-0.39, 0.29) is 11.7 Å².